The predicted molar refractivity (Wildman–Crippen MR) is 124 cm³/mol. The van der Waals surface area contributed by atoms with E-state index in [4.69, 9.17) is 31.2 Å². The molecule has 2 aromatic heterocycles. The van der Waals surface area contributed by atoms with E-state index >= 15 is 0 Å². The van der Waals surface area contributed by atoms with Crippen LogP contribution in [-0.2, 0) is 0 Å². The van der Waals surface area contributed by atoms with Crippen molar-refractivity contribution in [2.75, 3.05) is 11.8 Å². The molecule has 0 bridgehead atoms. The molecule has 0 unspecified atom stereocenters. The first-order valence-corrected chi connectivity index (χ1v) is 11.2. The van der Waals surface area contributed by atoms with Gasteiger partial charge in [-0.3, -0.25) is 9.97 Å². The number of ether oxygens (including phenoxy) is 2. The maximum atomic E-state index is 6.04. The molecule has 0 amide bonds. The standard InChI is InChI=1S/C23H16ClN5O2S/c24-16-4-1-14(2-5-16)19-12-32-23(27-19)29-20(10-17(28-29)18-11-25-7-8-26-18)15-3-6-21-22(9-15)31-13-30-21/h1-9,11-12,20H,10,13H2/t20-/m0/s1. The maximum Gasteiger partial charge on any atom is 0.231 e. The van der Waals surface area contributed by atoms with E-state index in [1.165, 1.54) is 0 Å². The Morgan fingerprint density at radius 2 is 1.88 bits per heavy atom. The highest BCUT2D eigenvalue weighted by Crippen LogP contribution is 2.42. The molecule has 0 saturated carbocycles. The molecule has 1 atom stereocenters. The zero-order valence-electron chi connectivity index (χ0n) is 16.7. The minimum atomic E-state index is -0.0503. The van der Waals surface area contributed by atoms with Gasteiger partial charge >= 0.3 is 0 Å². The van der Waals surface area contributed by atoms with Crippen molar-refractivity contribution >= 4 is 33.8 Å². The van der Waals surface area contributed by atoms with E-state index in [1.807, 2.05) is 52.9 Å². The van der Waals surface area contributed by atoms with Gasteiger partial charge in [-0.1, -0.05) is 29.8 Å². The largest absolute Gasteiger partial charge is 0.454 e. The highest BCUT2D eigenvalue weighted by molar-refractivity contribution is 7.14. The van der Waals surface area contributed by atoms with Crippen LogP contribution in [0.25, 0.3) is 11.3 Å². The summed E-state index contributed by atoms with van der Waals surface area (Å²) in [5, 5.41) is 10.4. The summed E-state index contributed by atoms with van der Waals surface area (Å²) in [5.41, 5.74) is 4.59. The van der Waals surface area contributed by atoms with Crippen LogP contribution in [0.2, 0.25) is 5.02 Å². The second-order valence-electron chi connectivity index (χ2n) is 7.34. The van der Waals surface area contributed by atoms with Gasteiger partial charge in [-0.25, -0.2) is 9.99 Å². The summed E-state index contributed by atoms with van der Waals surface area (Å²) in [6.07, 6.45) is 5.75. The number of hydrazone groups is 1. The number of nitrogens with zero attached hydrogens (tertiary/aromatic N) is 5. The molecule has 6 rings (SSSR count). The summed E-state index contributed by atoms with van der Waals surface area (Å²) in [7, 11) is 0. The van der Waals surface area contributed by atoms with E-state index in [-0.39, 0.29) is 12.8 Å². The Bertz CT molecular complexity index is 1310. The van der Waals surface area contributed by atoms with Gasteiger partial charge in [-0.2, -0.15) is 5.10 Å². The molecule has 2 aliphatic rings. The Balaban J connectivity index is 1.39. The number of fused-ring (bicyclic) bond motifs is 1. The summed E-state index contributed by atoms with van der Waals surface area (Å²) < 4.78 is 11.1. The summed E-state index contributed by atoms with van der Waals surface area (Å²) >= 11 is 7.59. The topological polar surface area (TPSA) is 72.7 Å². The highest BCUT2D eigenvalue weighted by Gasteiger charge is 2.33. The maximum absolute atomic E-state index is 6.04. The van der Waals surface area contributed by atoms with Crippen molar-refractivity contribution < 1.29 is 9.47 Å². The number of thiazole rings is 1. The molecule has 0 radical (unpaired) electrons. The fourth-order valence-electron chi connectivity index (χ4n) is 3.79. The van der Waals surface area contributed by atoms with E-state index in [2.05, 4.69) is 9.97 Å². The van der Waals surface area contributed by atoms with E-state index in [9.17, 15) is 0 Å². The lowest BCUT2D eigenvalue weighted by Crippen LogP contribution is -2.18. The lowest BCUT2D eigenvalue weighted by atomic mass is 10.0. The van der Waals surface area contributed by atoms with Gasteiger partial charge < -0.3 is 9.47 Å². The van der Waals surface area contributed by atoms with Crippen LogP contribution in [0.4, 0.5) is 5.13 Å². The van der Waals surface area contributed by atoms with Crippen molar-refractivity contribution in [3.05, 3.63) is 82.7 Å². The zero-order chi connectivity index (χ0) is 21.5. The van der Waals surface area contributed by atoms with Crippen LogP contribution in [0, 0.1) is 0 Å². The monoisotopic (exact) mass is 461 g/mol. The van der Waals surface area contributed by atoms with Crippen LogP contribution in [-0.4, -0.2) is 27.5 Å². The summed E-state index contributed by atoms with van der Waals surface area (Å²) in [4.78, 5) is 13.5. The molecule has 9 heteroatoms. The molecular weight excluding hydrogens is 446 g/mol. The third-order valence-electron chi connectivity index (χ3n) is 5.38. The highest BCUT2D eigenvalue weighted by atomic mass is 35.5. The lowest BCUT2D eigenvalue weighted by molar-refractivity contribution is 0.174. The Hall–Kier alpha value is -3.49. The molecule has 0 N–H and O–H groups in total. The Kier molecular flexibility index (Phi) is 4.74. The van der Waals surface area contributed by atoms with E-state index in [0.717, 1.165) is 44.9 Å². The van der Waals surface area contributed by atoms with E-state index in [1.54, 1.807) is 29.9 Å². The third-order valence-corrected chi connectivity index (χ3v) is 6.46. The molecule has 158 valence electrons. The molecule has 2 aliphatic heterocycles. The van der Waals surface area contributed by atoms with Crippen molar-refractivity contribution in [3.63, 3.8) is 0 Å². The van der Waals surface area contributed by atoms with Crippen molar-refractivity contribution in [1.82, 2.24) is 15.0 Å². The SMILES string of the molecule is Clc1ccc(-c2csc(N3N=C(c4cnccn4)C[C@H]3c3ccc4c(c3)OCO4)n2)cc1. The normalized spacial score (nSPS) is 17.0. The fraction of sp³-hybridized carbons (Fsp3) is 0.130. The van der Waals surface area contributed by atoms with Crippen LogP contribution >= 0.6 is 22.9 Å². The van der Waals surface area contributed by atoms with Crippen LogP contribution in [0.5, 0.6) is 11.5 Å². The summed E-state index contributed by atoms with van der Waals surface area (Å²) in [5.74, 6) is 1.50. The van der Waals surface area contributed by atoms with Gasteiger partial charge in [0.2, 0.25) is 11.9 Å². The molecular formula is C23H16ClN5O2S. The molecule has 0 saturated heterocycles. The molecule has 2 aromatic carbocycles. The smallest absolute Gasteiger partial charge is 0.231 e. The minimum Gasteiger partial charge on any atom is -0.454 e. The number of benzene rings is 2. The van der Waals surface area contributed by atoms with Crippen LogP contribution < -0.4 is 14.5 Å². The summed E-state index contributed by atoms with van der Waals surface area (Å²) in [6, 6.07) is 13.6. The van der Waals surface area contributed by atoms with E-state index < -0.39 is 0 Å². The third kappa shape index (κ3) is 3.47. The average Bonchev–Trinajstić information content (AvgIpc) is 3.58. The number of hydrogen-bond donors (Lipinski definition) is 0. The van der Waals surface area contributed by atoms with Gasteiger partial charge in [-0.15, -0.1) is 11.3 Å². The second kappa shape index (κ2) is 7.89. The number of rotatable bonds is 4. The summed E-state index contributed by atoms with van der Waals surface area (Å²) in [6.45, 7) is 0.242. The predicted octanol–water partition coefficient (Wildman–Crippen LogP) is 5.34. The number of anilines is 1. The molecule has 4 aromatic rings. The first kappa shape index (κ1) is 19.2. The lowest BCUT2D eigenvalue weighted by Gasteiger charge is -2.21. The fourth-order valence-corrected chi connectivity index (χ4v) is 4.75. The van der Waals surface area contributed by atoms with Crippen molar-refractivity contribution in [1.29, 1.82) is 0 Å². The van der Waals surface area contributed by atoms with Gasteiger partial charge in [0.1, 0.15) is 5.69 Å². The van der Waals surface area contributed by atoms with Crippen molar-refractivity contribution in [2.45, 2.75) is 12.5 Å². The molecule has 0 aliphatic carbocycles. The first-order valence-electron chi connectivity index (χ1n) is 9.99. The Morgan fingerprint density at radius 3 is 2.72 bits per heavy atom. The first-order chi connectivity index (χ1) is 15.7. The van der Waals surface area contributed by atoms with E-state index in [0.29, 0.717) is 11.4 Å². The van der Waals surface area contributed by atoms with Crippen LogP contribution in [0.3, 0.4) is 0 Å². The van der Waals surface area contributed by atoms with Crippen LogP contribution in [0.15, 0.2) is 71.5 Å². The van der Waals surface area contributed by atoms with Gasteiger partial charge in [-0.05, 0) is 29.8 Å². The Labute approximate surface area is 193 Å². The molecule has 7 nitrogen and oxygen atoms in total. The average molecular weight is 462 g/mol. The van der Waals surface area contributed by atoms with Crippen molar-refractivity contribution in [3.8, 4) is 22.8 Å². The molecule has 32 heavy (non-hydrogen) atoms. The van der Waals surface area contributed by atoms with Gasteiger partial charge in [0.25, 0.3) is 0 Å². The number of aromatic nitrogens is 3. The zero-order valence-corrected chi connectivity index (χ0v) is 18.3. The van der Waals surface area contributed by atoms with Crippen molar-refractivity contribution in [2.24, 2.45) is 5.10 Å². The van der Waals surface area contributed by atoms with Gasteiger partial charge in [0.05, 0.1) is 23.6 Å². The van der Waals surface area contributed by atoms with Gasteiger partial charge in [0.15, 0.2) is 11.5 Å². The van der Waals surface area contributed by atoms with Crippen LogP contribution in [0.1, 0.15) is 23.7 Å². The van der Waals surface area contributed by atoms with Gasteiger partial charge in [0, 0.05) is 34.8 Å². The number of halogens is 1. The molecule has 0 fully saturated rings. The second-order valence-corrected chi connectivity index (χ2v) is 8.61. The minimum absolute atomic E-state index is 0.0503. The Morgan fingerprint density at radius 1 is 1.00 bits per heavy atom. The molecule has 4 heterocycles. The number of hydrogen-bond acceptors (Lipinski definition) is 8. The molecule has 0 spiro atoms. The quantitative estimate of drug-likeness (QED) is 0.408.